The first-order valence-electron chi connectivity index (χ1n) is 6.39. The van der Waals surface area contributed by atoms with E-state index < -0.39 is 0 Å². The molecule has 2 N–H and O–H groups in total. The Labute approximate surface area is 154 Å². The van der Waals surface area contributed by atoms with Crippen LogP contribution in [0.1, 0.15) is 0 Å². The maximum atomic E-state index is 6.07. The SMILES string of the molecule is COc1cc(NC(=S)Nc2ccc(Cl)c(Cl)c2)c(OC)cc1Cl. The summed E-state index contributed by atoms with van der Waals surface area (Å²) >= 11 is 23.2. The fourth-order valence-electron chi connectivity index (χ4n) is 1.82. The minimum Gasteiger partial charge on any atom is -0.495 e. The van der Waals surface area contributed by atoms with Crippen molar-refractivity contribution in [3.05, 3.63) is 45.4 Å². The summed E-state index contributed by atoms with van der Waals surface area (Å²) in [6.45, 7) is 0. The first-order valence-corrected chi connectivity index (χ1v) is 7.93. The second-order valence-electron chi connectivity index (χ2n) is 4.40. The van der Waals surface area contributed by atoms with Crippen LogP contribution in [-0.2, 0) is 0 Å². The van der Waals surface area contributed by atoms with Gasteiger partial charge in [-0.15, -0.1) is 0 Å². The summed E-state index contributed by atoms with van der Waals surface area (Å²) in [6, 6.07) is 8.47. The van der Waals surface area contributed by atoms with Gasteiger partial charge in [0.25, 0.3) is 0 Å². The van der Waals surface area contributed by atoms with Crippen molar-refractivity contribution in [3.8, 4) is 11.5 Å². The lowest BCUT2D eigenvalue weighted by atomic mass is 10.2. The number of hydrogen-bond acceptors (Lipinski definition) is 3. The molecule has 0 bridgehead atoms. The molecule has 0 atom stereocenters. The third kappa shape index (κ3) is 4.54. The number of benzene rings is 2. The van der Waals surface area contributed by atoms with Crippen LogP contribution in [0.25, 0.3) is 0 Å². The van der Waals surface area contributed by atoms with Gasteiger partial charge in [0.05, 0.1) is 35.0 Å². The number of rotatable bonds is 4. The molecule has 0 spiro atoms. The summed E-state index contributed by atoms with van der Waals surface area (Å²) in [5.41, 5.74) is 1.32. The van der Waals surface area contributed by atoms with Crippen LogP contribution in [-0.4, -0.2) is 19.3 Å². The Morgan fingerprint density at radius 3 is 2.17 bits per heavy atom. The number of hydrogen-bond donors (Lipinski definition) is 2. The Hall–Kier alpha value is -1.40. The highest BCUT2D eigenvalue weighted by molar-refractivity contribution is 7.80. The highest BCUT2D eigenvalue weighted by atomic mass is 35.5. The highest BCUT2D eigenvalue weighted by Gasteiger charge is 2.11. The summed E-state index contributed by atoms with van der Waals surface area (Å²) in [4.78, 5) is 0. The molecule has 4 nitrogen and oxygen atoms in total. The molecule has 23 heavy (non-hydrogen) atoms. The van der Waals surface area contributed by atoms with Crippen LogP contribution in [0.2, 0.25) is 15.1 Å². The lowest BCUT2D eigenvalue weighted by molar-refractivity contribution is 0.405. The van der Waals surface area contributed by atoms with Gasteiger partial charge >= 0.3 is 0 Å². The van der Waals surface area contributed by atoms with E-state index >= 15 is 0 Å². The molecule has 0 aliphatic heterocycles. The zero-order chi connectivity index (χ0) is 17.0. The fourth-order valence-corrected chi connectivity index (χ4v) is 2.57. The Bertz CT molecular complexity index is 741. The van der Waals surface area contributed by atoms with E-state index in [1.165, 1.54) is 7.11 Å². The van der Waals surface area contributed by atoms with E-state index in [1.807, 2.05) is 0 Å². The predicted molar refractivity (Wildman–Crippen MR) is 101 cm³/mol. The van der Waals surface area contributed by atoms with Crippen molar-refractivity contribution < 1.29 is 9.47 Å². The van der Waals surface area contributed by atoms with Crippen LogP contribution < -0.4 is 20.1 Å². The summed E-state index contributed by atoms with van der Waals surface area (Å²) in [5.74, 6) is 1.04. The molecule has 0 heterocycles. The average molecular weight is 392 g/mol. The summed E-state index contributed by atoms with van der Waals surface area (Å²) < 4.78 is 10.5. The predicted octanol–water partition coefficient (Wildman–Crippen LogP) is 5.47. The Balaban J connectivity index is 2.17. The molecule has 0 amide bonds. The molecule has 2 aromatic carbocycles. The standard InChI is InChI=1S/C15H13Cl3N2O2S/c1-21-13-7-12(14(22-2)6-11(13)18)20-15(23)19-8-3-4-9(16)10(17)5-8/h3-7H,1-2H3,(H2,19,20,23). The van der Waals surface area contributed by atoms with E-state index in [-0.39, 0.29) is 0 Å². The number of halogens is 3. The summed E-state index contributed by atoms with van der Waals surface area (Å²) in [6.07, 6.45) is 0. The molecule has 0 unspecified atom stereocenters. The molecule has 0 aromatic heterocycles. The largest absolute Gasteiger partial charge is 0.495 e. The normalized spacial score (nSPS) is 10.1. The minimum absolute atomic E-state index is 0.353. The van der Waals surface area contributed by atoms with Gasteiger partial charge in [-0.1, -0.05) is 34.8 Å². The highest BCUT2D eigenvalue weighted by Crippen LogP contribution is 2.36. The van der Waals surface area contributed by atoms with Crippen molar-refractivity contribution in [2.75, 3.05) is 24.9 Å². The van der Waals surface area contributed by atoms with E-state index in [2.05, 4.69) is 10.6 Å². The summed E-state index contributed by atoms with van der Waals surface area (Å²) in [7, 11) is 3.07. The topological polar surface area (TPSA) is 42.5 Å². The van der Waals surface area contributed by atoms with Gasteiger partial charge in [0.15, 0.2) is 5.11 Å². The lowest BCUT2D eigenvalue weighted by Crippen LogP contribution is -2.19. The van der Waals surface area contributed by atoms with Gasteiger partial charge < -0.3 is 20.1 Å². The number of methoxy groups -OCH3 is 2. The number of thiocarbonyl (C=S) groups is 1. The van der Waals surface area contributed by atoms with E-state index in [9.17, 15) is 0 Å². The van der Waals surface area contributed by atoms with Gasteiger partial charge in [0, 0.05) is 17.8 Å². The second-order valence-corrected chi connectivity index (χ2v) is 6.02. The second kappa shape index (κ2) is 7.93. The Morgan fingerprint density at radius 2 is 1.57 bits per heavy atom. The minimum atomic E-state index is 0.353. The van der Waals surface area contributed by atoms with Gasteiger partial charge in [-0.05, 0) is 30.4 Å². The molecule has 2 rings (SSSR count). The van der Waals surface area contributed by atoms with Crippen LogP contribution in [0, 0.1) is 0 Å². The van der Waals surface area contributed by atoms with E-state index in [1.54, 1.807) is 37.4 Å². The van der Waals surface area contributed by atoms with Gasteiger partial charge in [0.2, 0.25) is 0 Å². The van der Waals surface area contributed by atoms with Crippen LogP contribution in [0.4, 0.5) is 11.4 Å². The monoisotopic (exact) mass is 390 g/mol. The first-order chi connectivity index (χ1) is 10.9. The Kier molecular flexibility index (Phi) is 6.18. The number of nitrogens with one attached hydrogen (secondary N) is 2. The maximum Gasteiger partial charge on any atom is 0.175 e. The molecule has 0 fully saturated rings. The molecule has 0 aliphatic carbocycles. The molecule has 2 aromatic rings. The third-order valence-electron chi connectivity index (χ3n) is 2.90. The molecule has 0 saturated heterocycles. The smallest absolute Gasteiger partial charge is 0.175 e. The molecule has 122 valence electrons. The fraction of sp³-hybridized carbons (Fsp3) is 0.133. The molecular weight excluding hydrogens is 379 g/mol. The molecule has 0 saturated carbocycles. The molecule has 8 heteroatoms. The van der Waals surface area contributed by atoms with Crippen LogP contribution >= 0.6 is 47.0 Å². The van der Waals surface area contributed by atoms with Crippen molar-refractivity contribution in [1.82, 2.24) is 0 Å². The third-order valence-corrected chi connectivity index (χ3v) is 4.14. The maximum absolute atomic E-state index is 6.07. The van der Waals surface area contributed by atoms with E-state index in [0.29, 0.717) is 43.1 Å². The van der Waals surface area contributed by atoms with Crippen LogP contribution in [0.5, 0.6) is 11.5 Å². The zero-order valence-electron chi connectivity index (χ0n) is 12.2. The average Bonchev–Trinajstić information content (AvgIpc) is 2.52. The van der Waals surface area contributed by atoms with Crippen molar-refractivity contribution in [1.29, 1.82) is 0 Å². The quantitative estimate of drug-likeness (QED) is 0.676. The van der Waals surface area contributed by atoms with Gasteiger partial charge in [-0.3, -0.25) is 0 Å². The van der Waals surface area contributed by atoms with Crippen LogP contribution in [0.3, 0.4) is 0 Å². The molecule has 0 aliphatic rings. The zero-order valence-corrected chi connectivity index (χ0v) is 15.3. The van der Waals surface area contributed by atoms with Crippen molar-refractivity contribution in [2.45, 2.75) is 0 Å². The molecule has 0 radical (unpaired) electrons. The summed E-state index contributed by atoms with van der Waals surface area (Å²) in [5, 5.41) is 7.74. The van der Waals surface area contributed by atoms with Crippen molar-refractivity contribution >= 4 is 63.5 Å². The van der Waals surface area contributed by atoms with Crippen molar-refractivity contribution in [2.24, 2.45) is 0 Å². The first kappa shape index (κ1) is 17.9. The number of anilines is 2. The van der Waals surface area contributed by atoms with E-state index in [4.69, 9.17) is 56.5 Å². The van der Waals surface area contributed by atoms with Crippen molar-refractivity contribution in [3.63, 3.8) is 0 Å². The number of ether oxygens (including phenoxy) is 2. The van der Waals surface area contributed by atoms with Gasteiger partial charge in [-0.25, -0.2) is 0 Å². The van der Waals surface area contributed by atoms with E-state index in [0.717, 1.165) is 0 Å². The van der Waals surface area contributed by atoms with Gasteiger partial charge in [0.1, 0.15) is 11.5 Å². The Morgan fingerprint density at radius 1 is 0.870 bits per heavy atom. The van der Waals surface area contributed by atoms with Gasteiger partial charge in [-0.2, -0.15) is 0 Å². The molecular formula is C15H13Cl3N2O2S. The van der Waals surface area contributed by atoms with Crippen LogP contribution in [0.15, 0.2) is 30.3 Å². The lowest BCUT2D eigenvalue weighted by Gasteiger charge is -2.15.